The van der Waals surface area contributed by atoms with E-state index in [0.717, 1.165) is 5.56 Å². The molecule has 3 aromatic rings. The lowest BCUT2D eigenvalue weighted by Gasteiger charge is -2.09. The lowest BCUT2D eigenvalue weighted by atomic mass is 10.2. The molecule has 5 nitrogen and oxygen atoms in total. The molecule has 0 unspecified atom stereocenters. The van der Waals surface area contributed by atoms with Gasteiger partial charge in [0.2, 0.25) is 0 Å². The number of rotatable bonds is 4. The Morgan fingerprint density at radius 1 is 1.17 bits per heavy atom. The van der Waals surface area contributed by atoms with Gasteiger partial charge in [-0.05, 0) is 31.2 Å². The van der Waals surface area contributed by atoms with Crippen molar-refractivity contribution in [2.24, 2.45) is 0 Å². The van der Waals surface area contributed by atoms with Crippen molar-refractivity contribution >= 4 is 43.2 Å². The maximum atomic E-state index is 12.4. The Kier molecular flexibility index (Phi) is 3.99. The zero-order valence-corrected chi connectivity index (χ0v) is 14.4. The van der Waals surface area contributed by atoms with Crippen LogP contribution in [-0.4, -0.2) is 19.7 Å². The Balaban J connectivity index is 2.09. The summed E-state index contributed by atoms with van der Waals surface area (Å²) in [4.78, 5) is 14.0. The van der Waals surface area contributed by atoms with Gasteiger partial charge in [0, 0.05) is 21.6 Å². The second kappa shape index (κ2) is 5.82. The van der Waals surface area contributed by atoms with Gasteiger partial charge < -0.3 is 9.17 Å². The first kappa shape index (κ1) is 15.8. The lowest BCUT2D eigenvalue weighted by Crippen LogP contribution is -2.10. The number of H-pyrrole nitrogens is 1. The molecule has 0 aliphatic carbocycles. The van der Waals surface area contributed by atoms with Gasteiger partial charge in [-0.1, -0.05) is 33.6 Å². The van der Waals surface area contributed by atoms with Gasteiger partial charge in [0.25, 0.3) is 0 Å². The maximum absolute atomic E-state index is 12.4. The summed E-state index contributed by atoms with van der Waals surface area (Å²) in [5, 5.41) is 0.587. The van der Waals surface area contributed by atoms with Crippen LogP contribution >= 0.6 is 15.9 Å². The normalized spacial score (nSPS) is 11.6. The molecule has 0 spiro atoms. The molecule has 0 aliphatic heterocycles. The minimum atomic E-state index is -3.96. The van der Waals surface area contributed by atoms with E-state index in [-0.39, 0.29) is 10.6 Å². The van der Waals surface area contributed by atoms with Gasteiger partial charge in [0.15, 0.2) is 12.0 Å². The second-order valence-electron chi connectivity index (χ2n) is 5.04. The van der Waals surface area contributed by atoms with E-state index in [2.05, 4.69) is 20.9 Å². The van der Waals surface area contributed by atoms with Crippen LogP contribution in [0.3, 0.4) is 0 Å². The smallest absolute Gasteiger partial charge is 0.339 e. The van der Waals surface area contributed by atoms with E-state index in [1.54, 1.807) is 24.3 Å². The number of hydrogen-bond acceptors (Lipinski definition) is 4. The van der Waals surface area contributed by atoms with Gasteiger partial charge in [-0.15, -0.1) is 0 Å². The molecule has 0 amide bonds. The van der Waals surface area contributed by atoms with Gasteiger partial charge in [0.1, 0.15) is 4.90 Å². The molecule has 0 aliphatic rings. The quantitative estimate of drug-likeness (QED) is 0.539. The first-order chi connectivity index (χ1) is 10.9. The molecule has 3 rings (SSSR count). The minimum Gasteiger partial charge on any atom is -0.377 e. The van der Waals surface area contributed by atoms with E-state index in [9.17, 15) is 13.2 Å². The number of carbonyl (C=O) groups excluding carboxylic acids is 1. The van der Waals surface area contributed by atoms with Crippen LogP contribution in [0.25, 0.3) is 10.9 Å². The first-order valence-electron chi connectivity index (χ1n) is 6.68. The Labute approximate surface area is 141 Å². The highest BCUT2D eigenvalue weighted by Crippen LogP contribution is 2.33. The Morgan fingerprint density at radius 3 is 2.52 bits per heavy atom. The predicted octanol–water partition coefficient (Wildman–Crippen LogP) is 3.82. The molecule has 0 atom stereocenters. The third-order valence-electron chi connectivity index (χ3n) is 3.39. The number of nitrogens with one attached hydrogen (secondary N) is 1. The summed E-state index contributed by atoms with van der Waals surface area (Å²) in [7, 11) is -3.96. The molecule has 1 aromatic heterocycles. The van der Waals surface area contributed by atoms with E-state index in [0.29, 0.717) is 27.2 Å². The SMILES string of the molecule is Cc1ccc(S(=O)(=O)Oc2cc(Br)cc3c(C=O)c[nH]c23)cc1. The summed E-state index contributed by atoms with van der Waals surface area (Å²) >= 11 is 3.30. The first-order valence-corrected chi connectivity index (χ1v) is 8.88. The van der Waals surface area contributed by atoms with Crippen LogP contribution in [-0.2, 0) is 10.1 Å². The van der Waals surface area contributed by atoms with Crippen molar-refractivity contribution in [3.8, 4) is 5.75 Å². The van der Waals surface area contributed by atoms with Gasteiger partial charge in [-0.2, -0.15) is 8.42 Å². The summed E-state index contributed by atoms with van der Waals surface area (Å²) in [5.74, 6) is 0.128. The molecule has 118 valence electrons. The van der Waals surface area contributed by atoms with Crippen LogP contribution in [0, 0.1) is 6.92 Å². The van der Waals surface area contributed by atoms with Gasteiger partial charge in [-0.25, -0.2) is 0 Å². The molecule has 23 heavy (non-hydrogen) atoms. The molecule has 0 fully saturated rings. The van der Waals surface area contributed by atoms with Crippen LogP contribution in [0.1, 0.15) is 15.9 Å². The van der Waals surface area contributed by atoms with Gasteiger partial charge in [0.05, 0.1) is 5.52 Å². The van der Waals surface area contributed by atoms with E-state index >= 15 is 0 Å². The van der Waals surface area contributed by atoms with Crippen molar-refractivity contribution in [1.82, 2.24) is 4.98 Å². The van der Waals surface area contributed by atoms with Gasteiger partial charge in [-0.3, -0.25) is 4.79 Å². The predicted molar refractivity (Wildman–Crippen MR) is 90.4 cm³/mol. The topological polar surface area (TPSA) is 76.2 Å². The Hall–Kier alpha value is -2.12. The maximum Gasteiger partial charge on any atom is 0.339 e. The highest BCUT2D eigenvalue weighted by Gasteiger charge is 2.19. The molecule has 0 bridgehead atoms. The van der Waals surface area contributed by atoms with Crippen molar-refractivity contribution in [2.75, 3.05) is 0 Å². The minimum absolute atomic E-state index is 0.0680. The average Bonchev–Trinajstić information content (AvgIpc) is 2.90. The average molecular weight is 394 g/mol. The zero-order chi connectivity index (χ0) is 16.6. The zero-order valence-electron chi connectivity index (χ0n) is 12.0. The highest BCUT2D eigenvalue weighted by atomic mass is 79.9. The van der Waals surface area contributed by atoms with Crippen LogP contribution in [0.2, 0.25) is 0 Å². The van der Waals surface area contributed by atoms with Crippen LogP contribution in [0.4, 0.5) is 0 Å². The number of aromatic amines is 1. The largest absolute Gasteiger partial charge is 0.377 e. The van der Waals surface area contributed by atoms with Crippen molar-refractivity contribution in [2.45, 2.75) is 11.8 Å². The molecule has 1 heterocycles. The van der Waals surface area contributed by atoms with Crippen LogP contribution in [0.5, 0.6) is 5.75 Å². The fraction of sp³-hybridized carbons (Fsp3) is 0.0625. The molecule has 0 saturated carbocycles. The van der Waals surface area contributed by atoms with E-state index in [1.807, 2.05) is 6.92 Å². The number of hydrogen-bond donors (Lipinski definition) is 1. The molecule has 2 aromatic carbocycles. The lowest BCUT2D eigenvalue weighted by molar-refractivity contribution is 0.112. The standard InChI is InChI=1S/C16H12BrNO4S/c1-10-2-4-13(5-3-10)23(20,21)22-15-7-12(17)6-14-11(9-19)8-18-16(14)15/h2-9,18H,1H3. The van der Waals surface area contributed by atoms with E-state index in [1.165, 1.54) is 18.3 Å². The number of carbonyl (C=O) groups is 1. The summed E-state index contributed by atoms with van der Waals surface area (Å²) in [6, 6.07) is 9.65. The third kappa shape index (κ3) is 3.02. The number of aldehydes is 1. The summed E-state index contributed by atoms with van der Waals surface area (Å²) in [6.45, 7) is 1.87. The summed E-state index contributed by atoms with van der Waals surface area (Å²) < 4.78 is 30.7. The number of benzene rings is 2. The number of halogens is 1. The molecule has 0 radical (unpaired) electrons. The summed E-state index contributed by atoms with van der Waals surface area (Å²) in [6.07, 6.45) is 2.21. The number of aromatic nitrogens is 1. The van der Waals surface area contributed by atoms with E-state index < -0.39 is 10.1 Å². The van der Waals surface area contributed by atoms with Crippen molar-refractivity contribution in [1.29, 1.82) is 0 Å². The summed E-state index contributed by atoms with van der Waals surface area (Å²) in [5.41, 5.74) is 1.83. The van der Waals surface area contributed by atoms with E-state index in [4.69, 9.17) is 4.18 Å². The molecule has 0 saturated heterocycles. The van der Waals surface area contributed by atoms with Crippen LogP contribution in [0.15, 0.2) is 52.0 Å². The monoisotopic (exact) mass is 393 g/mol. The van der Waals surface area contributed by atoms with Crippen LogP contribution < -0.4 is 4.18 Å². The fourth-order valence-corrected chi connectivity index (χ4v) is 3.59. The van der Waals surface area contributed by atoms with Crippen molar-refractivity contribution < 1.29 is 17.4 Å². The second-order valence-corrected chi connectivity index (χ2v) is 7.50. The fourth-order valence-electron chi connectivity index (χ4n) is 2.22. The Bertz CT molecular complexity index is 991. The number of fused-ring (bicyclic) bond motifs is 1. The van der Waals surface area contributed by atoms with Crippen molar-refractivity contribution in [3.05, 3.63) is 58.2 Å². The molecular formula is C16H12BrNO4S. The Morgan fingerprint density at radius 2 is 1.87 bits per heavy atom. The molecular weight excluding hydrogens is 382 g/mol. The third-order valence-corrected chi connectivity index (χ3v) is 5.09. The molecule has 1 N–H and O–H groups in total. The highest BCUT2D eigenvalue weighted by molar-refractivity contribution is 9.10. The van der Waals surface area contributed by atoms with Gasteiger partial charge >= 0.3 is 10.1 Å². The van der Waals surface area contributed by atoms with Crippen molar-refractivity contribution in [3.63, 3.8) is 0 Å². The molecule has 7 heteroatoms. The number of aryl methyl sites for hydroxylation is 1.